The van der Waals surface area contributed by atoms with Crippen molar-refractivity contribution in [1.82, 2.24) is 0 Å². The fraction of sp³-hybridized carbons (Fsp3) is 0.833. The fourth-order valence-electron chi connectivity index (χ4n) is 3.98. The normalized spacial score (nSPS) is 15.3. The Morgan fingerprint density at radius 3 is 1.45 bits per heavy atom. The van der Waals surface area contributed by atoms with Gasteiger partial charge >= 0.3 is 31.7 Å². The standard InChI is InChI=1S/C18H44O6Si5/c1-14-15-17(16(2)18(19)20)26(6,7)22-28(10,11)24-29(12,13)23-27(8,9)21-25(3,4)5/h14-15H2,1-13H3,(H,19,20)/b17-16+. The maximum atomic E-state index is 11.6. The topological polar surface area (TPSA) is 74.2 Å². The number of rotatable bonds is 12. The summed E-state index contributed by atoms with van der Waals surface area (Å²) in [5.74, 6) is -0.868. The van der Waals surface area contributed by atoms with Gasteiger partial charge in [0.05, 0.1) is 0 Å². The second-order valence-electron chi connectivity index (χ2n) is 10.4. The van der Waals surface area contributed by atoms with E-state index in [1.807, 2.05) is 26.2 Å². The molecule has 0 aliphatic heterocycles. The molecule has 0 amide bonds. The minimum Gasteiger partial charge on any atom is -0.478 e. The van der Waals surface area contributed by atoms with Crippen LogP contribution in [0.2, 0.25) is 72.0 Å². The molecule has 29 heavy (non-hydrogen) atoms. The number of hydrogen-bond acceptors (Lipinski definition) is 5. The monoisotopic (exact) mass is 496 g/mol. The molecule has 0 radical (unpaired) electrons. The first kappa shape index (κ1) is 29.1. The quantitative estimate of drug-likeness (QED) is 0.266. The van der Waals surface area contributed by atoms with E-state index in [1.54, 1.807) is 6.92 Å². The smallest absolute Gasteiger partial charge is 0.330 e. The number of allylic oxidation sites excluding steroid dienone is 1. The molecular weight excluding hydrogens is 453 g/mol. The molecule has 0 aromatic rings. The zero-order valence-corrected chi connectivity index (χ0v) is 25.9. The van der Waals surface area contributed by atoms with E-state index in [0.717, 1.165) is 18.0 Å². The van der Waals surface area contributed by atoms with Crippen LogP contribution >= 0.6 is 0 Å². The van der Waals surface area contributed by atoms with Crippen LogP contribution in [0.25, 0.3) is 0 Å². The van der Waals surface area contributed by atoms with E-state index < -0.39 is 48.3 Å². The van der Waals surface area contributed by atoms with E-state index in [1.165, 1.54) is 0 Å². The molecule has 0 aliphatic rings. The largest absolute Gasteiger partial charge is 0.478 e. The summed E-state index contributed by atoms with van der Waals surface area (Å²) in [7, 11) is -11.5. The summed E-state index contributed by atoms with van der Waals surface area (Å²) in [6.07, 6.45) is 1.63. The van der Waals surface area contributed by atoms with E-state index in [0.29, 0.717) is 5.57 Å². The Balaban J connectivity index is 5.53. The van der Waals surface area contributed by atoms with Crippen LogP contribution in [0.1, 0.15) is 26.7 Å². The van der Waals surface area contributed by atoms with Gasteiger partial charge in [0.15, 0.2) is 8.32 Å². The summed E-state index contributed by atoms with van der Waals surface area (Å²) < 4.78 is 26.0. The van der Waals surface area contributed by atoms with Crippen LogP contribution in [0.4, 0.5) is 0 Å². The zero-order valence-electron chi connectivity index (χ0n) is 20.9. The summed E-state index contributed by atoms with van der Waals surface area (Å²) in [6, 6.07) is 0. The van der Waals surface area contributed by atoms with E-state index in [4.69, 9.17) is 16.5 Å². The molecule has 0 atom stereocenters. The molecule has 11 heteroatoms. The Kier molecular flexibility index (Phi) is 10.2. The van der Waals surface area contributed by atoms with Gasteiger partial charge in [-0.1, -0.05) is 13.3 Å². The summed E-state index contributed by atoms with van der Waals surface area (Å²) in [5, 5.41) is 10.5. The van der Waals surface area contributed by atoms with Gasteiger partial charge in [-0.3, -0.25) is 0 Å². The Hall–Kier alpha value is 0.134. The number of carbonyl (C=O) groups is 1. The number of carboxylic acid groups (broad SMARTS) is 1. The highest BCUT2D eigenvalue weighted by molar-refractivity contribution is 6.91. The maximum Gasteiger partial charge on any atom is 0.330 e. The average Bonchev–Trinajstić information content (AvgIpc) is 2.36. The van der Waals surface area contributed by atoms with Crippen LogP contribution in [0.15, 0.2) is 10.8 Å². The molecule has 6 nitrogen and oxygen atoms in total. The molecule has 0 heterocycles. The molecule has 172 valence electrons. The van der Waals surface area contributed by atoms with Crippen molar-refractivity contribution in [2.45, 2.75) is 98.7 Å². The molecule has 0 unspecified atom stereocenters. The maximum absolute atomic E-state index is 11.6. The van der Waals surface area contributed by atoms with Gasteiger partial charge in [0.2, 0.25) is 8.32 Å². The van der Waals surface area contributed by atoms with Gasteiger partial charge in [-0.25, -0.2) is 4.79 Å². The van der Waals surface area contributed by atoms with Crippen LogP contribution < -0.4 is 0 Å². The first-order chi connectivity index (χ1) is 12.6. The summed E-state index contributed by atoms with van der Waals surface area (Å²) in [4.78, 5) is 11.6. The molecule has 0 saturated heterocycles. The van der Waals surface area contributed by atoms with Gasteiger partial charge < -0.3 is 21.6 Å². The third-order valence-electron chi connectivity index (χ3n) is 4.04. The third kappa shape index (κ3) is 11.4. The first-order valence-electron chi connectivity index (χ1n) is 10.4. The minimum absolute atomic E-state index is 0.415. The second kappa shape index (κ2) is 10.2. The van der Waals surface area contributed by atoms with Crippen LogP contribution in [0, 0.1) is 0 Å². The number of carboxylic acids is 1. The Morgan fingerprint density at radius 1 is 0.724 bits per heavy atom. The minimum atomic E-state index is -2.56. The highest BCUT2D eigenvalue weighted by atomic mass is 28.5. The van der Waals surface area contributed by atoms with Gasteiger partial charge in [-0.2, -0.15) is 0 Å². The summed E-state index contributed by atoms with van der Waals surface area (Å²) in [6.45, 7) is 26.7. The third-order valence-corrected chi connectivity index (χ3v) is 22.4. The van der Waals surface area contributed by atoms with Crippen molar-refractivity contribution >= 4 is 48.3 Å². The lowest BCUT2D eigenvalue weighted by Gasteiger charge is -2.42. The molecule has 0 aromatic heterocycles. The molecule has 1 N–H and O–H groups in total. The highest BCUT2D eigenvalue weighted by Crippen LogP contribution is 2.31. The number of aliphatic carboxylic acids is 1. The van der Waals surface area contributed by atoms with E-state index in [-0.39, 0.29) is 0 Å². The molecule has 0 aliphatic carbocycles. The SMILES string of the molecule is CCC/C(=C(/C)C(=O)O)[Si](C)(C)O[Si](C)(C)O[Si](C)(C)O[Si](C)(C)O[Si](C)(C)C. The van der Waals surface area contributed by atoms with Crippen molar-refractivity contribution in [3.8, 4) is 0 Å². The lowest BCUT2D eigenvalue weighted by Crippen LogP contribution is -2.58. The molecule has 0 rings (SSSR count). The van der Waals surface area contributed by atoms with Gasteiger partial charge in [-0.05, 0) is 90.6 Å². The van der Waals surface area contributed by atoms with Crippen molar-refractivity contribution < 1.29 is 26.4 Å². The van der Waals surface area contributed by atoms with Crippen LogP contribution in [0.3, 0.4) is 0 Å². The predicted molar refractivity (Wildman–Crippen MR) is 133 cm³/mol. The Bertz CT molecular complexity index is 608. The molecule has 0 aromatic carbocycles. The van der Waals surface area contributed by atoms with Gasteiger partial charge in [0, 0.05) is 5.57 Å². The van der Waals surface area contributed by atoms with Crippen LogP contribution in [-0.4, -0.2) is 53.4 Å². The Labute approximate surface area is 184 Å². The Morgan fingerprint density at radius 2 is 1.10 bits per heavy atom. The lowest BCUT2D eigenvalue weighted by molar-refractivity contribution is -0.132. The van der Waals surface area contributed by atoms with Gasteiger partial charge in [-0.15, -0.1) is 0 Å². The van der Waals surface area contributed by atoms with E-state index >= 15 is 0 Å². The van der Waals surface area contributed by atoms with Gasteiger partial charge in [0.1, 0.15) is 0 Å². The van der Waals surface area contributed by atoms with Crippen molar-refractivity contribution in [2.75, 3.05) is 0 Å². The molecule has 0 fully saturated rings. The van der Waals surface area contributed by atoms with Crippen molar-refractivity contribution in [2.24, 2.45) is 0 Å². The summed E-state index contributed by atoms with van der Waals surface area (Å²) in [5.41, 5.74) is 0.415. The number of hydrogen-bond donors (Lipinski definition) is 1. The predicted octanol–water partition coefficient (Wildman–Crippen LogP) is 5.94. The van der Waals surface area contributed by atoms with Crippen molar-refractivity contribution in [3.63, 3.8) is 0 Å². The summed E-state index contributed by atoms with van der Waals surface area (Å²) >= 11 is 0. The second-order valence-corrected chi connectivity index (χ2v) is 29.9. The zero-order chi connectivity index (χ0) is 23.5. The molecular formula is C18H44O6Si5. The van der Waals surface area contributed by atoms with Crippen molar-refractivity contribution in [1.29, 1.82) is 0 Å². The van der Waals surface area contributed by atoms with Crippen LogP contribution in [-0.2, 0) is 21.3 Å². The fourth-order valence-corrected chi connectivity index (χ4v) is 28.2. The molecule has 0 saturated carbocycles. The molecule has 0 bridgehead atoms. The first-order valence-corrected chi connectivity index (χ1v) is 25.1. The van der Waals surface area contributed by atoms with E-state index in [9.17, 15) is 9.90 Å². The average molecular weight is 497 g/mol. The molecule has 0 spiro atoms. The van der Waals surface area contributed by atoms with Crippen molar-refractivity contribution in [3.05, 3.63) is 10.8 Å². The van der Waals surface area contributed by atoms with E-state index in [2.05, 4.69) is 52.8 Å². The van der Waals surface area contributed by atoms with Gasteiger partial charge in [0.25, 0.3) is 0 Å². The van der Waals surface area contributed by atoms with Crippen LogP contribution in [0.5, 0.6) is 0 Å². The lowest BCUT2D eigenvalue weighted by atomic mass is 10.2. The highest BCUT2D eigenvalue weighted by Gasteiger charge is 2.46.